The van der Waals surface area contributed by atoms with Gasteiger partial charge < -0.3 is 10.1 Å². The molecule has 2 aromatic heterocycles. The van der Waals surface area contributed by atoms with Crippen molar-refractivity contribution in [3.05, 3.63) is 64.2 Å². The average molecular weight is 312 g/mol. The van der Waals surface area contributed by atoms with Gasteiger partial charge in [0.1, 0.15) is 5.75 Å². The van der Waals surface area contributed by atoms with Crippen molar-refractivity contribution in [3.8, 4) is 5.75 Å². The molecule has 7 heteroatoms. The second-order valence-electron chi connectivity index (χ2n) is 5.03. The first-order valence-electron chi connectivity index (χ1n) is 7.15. The van der Waals surface area contributed by atoms with Gasteiger partial charge in [0.2, 0.25) is 0 Å². The Balaban J connectivity index is 1.61. The molecule has 1 aromatic carbocycles. The monoisotopic (exact) mass is 312 g/mol. The number of fused-ring (bicyclic) bond motifs is 1. The number of amides is 1. The summed E-state index contributed by atoms with van der Waals surface area (Å²) in [5.74, 6) is 0.574. The highest BCUT2D eigenvalue weighted by Gasteiger charge is 2.08. The summed E-state index contributed by atoms with van der Waals surface area (Å²) in [6.45, 7) is 0.503. The number of nitrogens with zero attached hydrogens (tertiary/aromatic N) is 2. The maximum absolute atomic E-state index is 12.1. The van der Waals surface area contributed by atoms with Gasteiger partial charge in [0, 0.05) is 12.7 Å². The summed E-state index contributed by atoms with van der Waals surface area (Å²) in [6.07, 6.45) is 2.19. The summed E-state index contributed by atoms with van der Waals surface area (Å²) in [6, 6.07) is 10.9. The van der Waals surface area contributed by atoms with Crippen molar-refractivity contribution < 1.29 is 9.53 Å². The van der Waals surface area contributed by atoms with Crippen molar-refractivity contribution in [1.82, 2.24) is 19.9 Å². The van der Waals surface area contributed by atoms with Gasteiger partial charge in [-0.15, -0.1) is 0 Å². The minimum atomic E-state index is -0.368. The number of aromatic nitrogens is 3. The zero-order valence-corrected chi connectivity index (χ0v) is 12.6. The lowest BCUT2D eigenvalue weighted by atomic mass is 10.1. The fourth-order valence-corrected chi connectivity index (χ4v) is 2.25. The van der Waals surface area contributed by atoms with E-state index in [1.165, 1.54) is 10.6 Å². The van der Waals surface area contributed by atoms with Crippen molar-refractivity contribution >= 4 is 11.6 Å². The summed E-state index contributed by atoms with van der Waals surface area (Å²) >= 11 is 0. The number of nitrogens with one attached hydrogen (secondary N) is 2. The van der Waals surface area contributed by atoms with E-state index in [0.717, 1.165) is 11.3 Å². The Hall–Kier alpha value is -3.09. The van der Waals surface area contributed by atoms with Crippen LogP contribution < -0.4 is 15.7 Å². The number of hydrogen-bond acceptors (Lipinski definition) is 4. The Labute approximate surface area is 131 Å². The minimum Gasteiger partial charge on any atom is -0.497 e. The first-order valence-corrected chi connectivity index (χ1v) is 7.15. The molecule has 2 heterocycles. The van der Waals surface area contributed by atoms with Crippen LogP contribution in [0.25, 0.3) is 5.65 Å². The molecule has 0 spiro atoms. The van der Waals surface area contributed by atoms with Crippen LogP contribution in [0.5, 0.6) is 5.75 Å². The third-order valence-electron chi connectivity index (χ3n) is 3.53. The van der Waals surface area contributed by atoms with Crippen LogP contribution in [0.2, 0.25) is 0 Å². The molecule has 0 saturated heterocycles. The number of methoxy groups -OCH3 is 1. The lowest BCUT2D eigenvalue weighted by Crippen LogP contribution is -2.26. The number of H-pyrrole nitrogens is 1. The van der Waals surface area contributed by atoms with E-state index in [-0.39, 0.29) is 11.6 Å². The number of aromatic amines is 1. The molecular formula is C16H16N4O3. The van der Waals surface area contributed by atoms with Crippen molar-refractivity contribution in [2.45, 2.75) is 6.42 Å². The van der Waals surface area contributed by atoms with Crippen LogP contribution in [-0.2, 0) is 6.42 Å². The van der Waals surface area contributed by atoms with Gasteiger partial charge in [-0.1, -0.05) is 12.1 Å². The van der Waals surface area contributed by atoms with E-state index < -0.39 is 0 Å². The summed E-state index contributed by atoms with van der Waals surface area (Å²) < 4.78 is 6.41. The molecular weight excluding hydrogens is 296 g/mol. The molecule has 118 valence electrons. The largest absolute Gasteiger partial charge is 0.497 e. The van der Waals surface area contributed by atoms with E-state index >= 15 is 0 Å². The lowest BCUT2D eigenvalue weighted by molar-refractivity contribution is 0.0953. The van der Waals surface area contributed by atoms with Crippen molar-refractivity contribution in [3.63, 3.8) is 0 Å². The Morgan fingerprint density at radius 3 is 2.78 bits per heavy atom. The van der Waals surface area contributed by atoms with E-state index in [0.29, 0.717) is 24.2 Å². The molecule has 0 aliphatic rings. The molecule has 3 aromatic rings. The summed E-state index contributed by atoms with van der Waals surface area (Å²) in [5.41, 5.74) is 1.63. The topological polar surface area (TPSA) is 88.5 Å². The molecule has 0 saturated carbocycles. The molecule has 0 aliphatic carbocycles. The van der Waals surface area contributed by atoms with Crippen LogP contribution in [0, 0.1) is 0 Å². The zero-order valence-electron chi connectivity index (χ0n) is 12.6. The number of ether oxygens (including phenoxy) is 1. The minimum absolute atomic E-state index is 0.228. The molecule has 0 bridgehead atoms. The fraction of sp³-hybridized carbons (Fsp3) is 0.188. The van der Waals surface area contributed by atoms with Gasteiger partial charge in [0.25, 0.3) is 5.91 Å². The van der Waals surface area contributed by atoms with E-state index in [4.69, 9.17) is 4.74 Å². The maximum Gasteiger partial charge on any atom is 0.347 e. The van der Waals surface area contributed by atoms with Gasteiger partial charge >= 0.3 is 5.69 Å². The van der Waals surface area contributed by atoms with E-state index in [1.807, 2.05) is 24.3 Å². The van der Waals surface area contributed by atoms with Crippen molar-refractivity contribution in [1.29, 1.82) is 0 Å². The molecule has 0 fully saturated rings. The molecule has 7 nitrogen and oxygen atoms in total. The van der Waals surface area contributed by atoms with Gasteiger partial charge in [0.05, 0.1) is 12.7 Å². The number of carbonyl (C=O) groups is 1. The second kappa shape index (κ2) is 6.35. The maximum atomic E-state index is 12.1. The van der Waals surface area contributed by atoms with Gasteiger partial charge in [-0.2, -0.15) is 5.10 Å². The number of rotatable bonds is 5. The summed E-state index contributed by atoms with van der Waals surface area (Å²) in [7, 11) is 1.62. The Bertz CT molecular complexity index is 880. The number of pyridine rings is 1. The van der Waals surface area contributed by atoms with Crippen molar-refractivity contribution in [2.24, 2.45) is 0 Å². The molecule has 3 rings (SSSR count). The van der Waals surface area contributed by atoms with Gasteiger partial charge in [-0.25, -0.2) is 14.3 Å². The third-order valence-corrected chi connectivity index (χ3v) is 3.53. The highest BCUT2D eigenvalue weighted by molar-refractivity contribution is 5.94. The van der Waals surface area contributed by atoms with Gasteiger partial charge in [-0.05, 0) is 36.2 Å². The number of carbonyl (C=O) groups excluding carboxylic acids is 1. The number of benzene rings is 1. The first kappa shape index (κ1) is 14.8. The molecule has 0 aliphatic heterocycles. The zero-order chi connectivity index (χ0) is 16.2. The molecule has 0 unspecified atom stereocenters. The normalized spacial score (nSPS) is 10.7. The molecule has 1 amide bonds. The molecule has 0 radical (unpaired) electrons. The Kier molecular flexibility index (Phi) is 4.09. The Morgan fingerprint density at radius 1 is 1.26 bits per heavy atom. The van der Waals surface area contributed by atoms with Gasteiger partial charge in [-0.3, -0.25) is 4.79 Å². The first-order chi connectivity index (χ1) is 11.2. The Morgan fingerprint density at radius 2 is 2.04 bits per heavy atom. The predicted molar refractivity (Wildman–Crippen MR) is 84.8 cm³/mol. The van der Waals surface area contributed by atoms with Crippen LogP contribution >= 0.6 is 0 Å². The fourth-order valence-electron chi connectivity index (χ4n) is 2.25. The van der Waals surface area contributed by atoms with E-state index in [1.54, 1.807) is 19.2 Å². The predicted octanol–water partition coefficient (Wildman–Crippen LogP) is 1.00. The average Bonchev–Trinajstić information content (AvgIpc) is 2.96. The highest BCUT2D eigenvalue weighted by atomic mass is 16.5. The highest BCUT2D eigenvalue weighted by Crippen LogP contribution is 2.11. The summed E-state index contributed by atoms with van der Waals surface area (Å²) in [5, 5.41) is 8.99. The molecule has 23 heavy (non-hydrogen) atoms. The number of hydrogen-bond donors (Lipinski definition) is 2. The quantitative estimate of drug-likeness (QED) is 0.736. The van der Waals surface area contributed by atoms with Crippen LogP contribution in [0.1, 0.15) is 15.9 Å². The van der Waals surface area contributed by atoms with E-state index in [2.05, 4.69) is 15.5 Å². The SMILES string of the molecule is COc1ccc(CCNC(=O)c2ccc3n[nH]c(=O)n3c2)cc1. The summed E-state index contributed by atoms with van der Waals surface area (Å²) in [4.78, 5) is 23.6. The van der Waals surface area contributed by atoms with Crippen LogP contribution in [-0.4, -0.2) is 34.2 Å². The smallest absolute Gasteiger partial charge is 0.347 e. The van der Waals surface area contributed by atoms with Crippen LogP contribution in [0.3, 0.4) is 0 Å². The van der Waals surface area contributed by atoms with Crippen LogP contribution in [0.4, 0.5) is 0 Å². The van der Waals surface area contributed by atoms with Gasteiger partial charge in [0.15, 0.2) is 5.65 Å². The third kappa shape index (κ3) is 3.23. The van der Waals surface area contributed by atoms with E-state index in [9.17, 15) is 9.59 Å². The molecule has 2 N–H and O–H groups in total. The second-order valence-corrected chi connectivity index (χ2v) is 5.03. The lowest BCUT2D eigenvalue weighted by Gasteiger charge is -2.06. The standard InChI is InChI=1S/C16H16N4O3/c1-23-13-5-2-11(3-6-13)8-9-17-15(21)12-4-7-14-18-19-16(22)20(14)10-12/h2-7,10H,8-9H2,1H3,(H,17,21)(H,19,22). The molecule has 0 atom stereocenters. The van der Waals surface area contributed by atoms with Crippen molar-refractivity contribution in [2.75, 3.05) is 13.7 Å². The van der Waals surface area contributed by atoms with Crippen LogP contribution in [0.15, 0.2) is 47.4 Å².